The molecule has 0 radical (unpaired) electrons. The van der Waals surface area contributed by atoms with Gasteiger partial charge in [-0.05, 0) is 26.0 Å². The largest absolute Gasteiger partial charge is 0.481 e. The number of hydrogen-bond acceptors (Lipinski definition) is 5. The van der Waals surface area contributed by atoms with Crippen LogP contribution in [-0.4, -0.2) is 58.6 Å². The number of carboxylic acids is 1. The lowest BCUT2D eigenvalue weighted by molar-refractivity contribution is -0.137. The highest BCUT2D eigenvalue weighted by atomic mass is 32.2. The maximum Gasteiger partial charge on any atom is 0.308 e. The fourth-order valence-electron chi connectivity index (χ4n) is 3.56. The molecule has 0 spiro atoms. The number of carbonyl (C=O) groups is 3. The number of thioether (sulfide) groups is 1. The van der Waals surface area contributed by atoms with Crippen LogP contribution >= 0.6 is 11.8 Å². The van der Waals surface area contributed by atoms with Crippen molar-refractivity contribution in [3.05, 3.63) is 46.5 Å². The van der Waals surface area contributed by atoms with Crippen molar-refractivity contribution < 1.29 is 24.2 Å². The number of rotatable bonds is 7. The summed E-state index contributed by atoms with van der Waals surface area (Å²) in [6.45, 7) is 2.97. The fraction of sp³-hybridized carbons (Fsp3) is 0.450. The number of nitrogens with zero attached hydrogens (tertiary/aromatic N) is 1. The Morgan fingerprint density at radius 3 is 2.56 bits per heavy atom. The third-order valence-electron chi connectivity index (χ3n) is 4.91. The monoisotopic (exact) mass is 389 g/mol. The van der Waals surface area contributed by atoms with Gasteiger partial charge < -0.3 is 14.7 Å². The SMILES string of the molecule is CS[C@H]1C(C(=O)c2ccc(C)cc2)=C(CC(=O)O)C(=O)N1C[C@@H]1CCCO1. The number of Topliss-reactive ketones (excluding diaryl/α,β-unsaturated/α-hetero) is 1. The minimum atomic E-state index is -1.12. The van der Waals surface area contributed by atoms with Gasteiger partial charge in [0.15, 0.2) is 5.78 Å². The molecule has 0 bridgehead atoms. The molecule has 7 heteroatoms. The molecule has 0 aliphatic carbocycles. The predicted molar refractivity (Wildman–Crippen MR) is 103 cm³/mol. The summed E-state index contributed by atoms with van der Waals surface area (Å²) in [6.07, 6.45) is 3.11. The molecule has 1 N–H and O–H groups in total. The number of carboxylic acid groups (broad SMARTS) is 1. The third kappa shape index (κ3) is 4.09. The first-order valence-electron chi connectivity index (χ1n) is 8.94. The van der Waals surface area contributed by atoms with Gasteiger partial charge in [-0.1, -0.05) is 29.8 Å². The maximum atomic E-state index is 13.2. The van der Waals surface area contributed by atoms with E-state index in [1.165, 1.54) is 11.8 Å². The first-order valence-corrected chi connectivity index (χ1v) is 10.2. The van der Waals surface area contributed by atoms with Gasteiger partial charge in [0.05, 0.1) is 12.5 Å². The summed E-state index contributed by atoms with van der Waals surface area (Å²) >= 11 is 1.37. The molecule has 27 heavy (non-hydrogen) atoms. The van der Waals surface area contributed by atoms with E-state index in [9.17, 15) is 19.5 Å². The number of carbonyl (C=O) groups excluding carboxylic acids is 2. The van der Waals surface area contributed by atoms with Gasteiger partial charge in [-0.3, -0.25) is 14.4 Å². The van der Waals surface area contributed by atoms with Gasteiger partial charge in [-0.2, -0.15) is 0 Å². The van der Waals surface area contributed by atoms with Crippen LogP contribution in [0.15, 0.2) is 35.4 Å². The van der Waals surface area contributed by atoms with Crippen molar-refractivity contribution in [2.75, 3.05) is 19.4 Å². The molecule has 2 heterocycles. The summed E-state index contributed by atoms with van der Waals surface area (Å²) in [4.78, 5) is 39.1. The molecule has 1 aromatic carbocycles. The molecule has 3 rings (SSSR count). The lowest BCUT2D eigenvalue weighted by atomic mass is 9.98. The van der Waals surface area contributed by atoms with Gasteiger partial charge in [0, 0.05) is 29.9 Å². The second-order valence-corrected chi connectivity index (χ2v) is 7.76. The van der Waals surface area contributed by atoms with E-state index < -0.39 is 17.8 Å². The van der Waals surface area contributed by atoms with E-state index in [0.717, 1.165) is 18.4 Å². The van der Waals surface area contributed by atoms with Crippen LogP contribution in [-0.2, 0) is 14.3 Å². The molecule has 1 fully saturated rings. The van der Waals surface area contributed by atoms with Crippen LogP contribution in [0.3, 0.4) is 0 Å². The number of hydrogen-bond donors (Lipinski definition) is 1. The average Bonchev–Trinajstić information content (AvgIpc) is 3.23. The van der Waals surface area contributed by atoms with Crippen LogP contribution in [0.4, 0.5) is 0 Å². The van der Waals surface area contributed by atoms with E-state index in [2.05, 4.69) is 0 Å². The minimum Gasteiger partial charge on any atom is -0.481 e. The molecule has 0 aromatic heterocycles. The number of ether oxygens (including phenoxy) is 1. The Kier molecular flexibility index (Phi) is 6.01. The van der Waals surface area contributed by atoms with Crippen molar-refractivity contribution in [1.29, 1.82) is 0 Å². The normalized spacial score (nSPS) is 22.6. The molecule has 1 saturated heterocycles. The Morgan fingerprint density at radius 2 is 2.00 bits per heavy atom. The van der Waals surface area contributed by atoms with Crippen LogP contribution in [0.2, 0.25) is 0 Å². The summed E-state index contributed by atoms with van der Waals surface area (Å²) in [5.74, 6) is -1.78. The lowest BCUT2D eigenvalue weighted by Gasteiger charge is -2.27. The summed E-state index contributed by atoms with van der Waals surface area (Å²) in [5, 5.41) is 8.78. The highest BCUT2D eigenvalue weighted by Crippen LogP contribution is 2.36. The summed E-state index contributed by atoms with van der Waals surface area (Å²) in [6, 6.07) is 7.10. The van der Waals surface area contributed by atoms with Gasteiger partial charge in [0.25, 0.3) is 5.91 Å². The number of aliphatic carboxylic acids is 1. The van der Waals surface area contributed by atoms with Crippen molar-refractivity contribution in [2.45, 2.75) is 37.7 Å². The first kappa shape index (κ1) is 19.6. The number of benzene rings is 1. The average molecular weight is 389 g/mol. The fourth-order valence-corrected chi connectivity index (χ4v) is 4.48. The Labute approximate surface area is 162 Å². The van der Waals surface area contributed by atoms with Crippen LogP contribution in [0.5, 0.6) is 0 Å². The van der Waals surface area contributed by atoms with Crippen molar-refractivity contribution >= 4 is 29.4 Å². The Bertz CT molecular complexity index is 780. The van der Waals surface area contributed by atoms with Gasteiger partial charge in [-0.25, -0.2) is 0 Å². The minimum absolute atomic E-state index is 0.0662. The van der Waals surface area contributed by atoms with Crippen LogP contribution in [0.25, 0.3) is 0 Å². The Hall–Kier alpha value is -2.12. The molecule has 1 aromatic rings. The van der Waals surface area contributed by atoms with Crippen molar-refractivity contribution in [2.24, 2.45) is 0 Å². The number of amides is 1. The molecule has 2 aliphatic rings. The first-order chi connectivity index (χ1) is 12.9. The van der Waals surface area contributed by atoms with Crippen molar-refractivity contribution in [3.63, 3.8) is 0 Å². The molecular formula is C20H23NO5S. The highest BCUT2D eigenvalue weighted by Gasteiger charge is 2.43. The zero-order valence-electron chi connectivity index (χ0n) is 15.4. The second-order valence-electron chi connectivity index (χ2n) is 6.84. The second kappa shape index (κ2) is 8.27. The maximum absolute atomic E-state index is 13.2. The van der Waals surface area contributed by atoms with E-state index in [1.54, 1.807) is 17.0 Å². The van der Waals surface area contributed by atoms with Crippen LogP contribution < -0.4 is 0 Å². The van der Waals surface area contributed by atoms with Crippen molar-refractivity contribution in [3.8, 4) is 0 Å². The van der Waals surface area contributed by atoms with Crippen molar-refractivity contribution in [1.82, 2.24) is 4.90 Å². The van der Waals surface area contributed by atoms with Crippen LogP contribution in [0, 0.1) is 6.92 Å². The molecule has 144 valence electrons. The van der Waals surface area contributed by atoms with Gasteiger partial charge in [0.2, 0.25) is 0 Å². The highest BCUT2D eigenvalue weighted by molar-refractivity contribution is 7.99. The number of aryl methyl sites for hydroxylation is 1. The van der Waals surface area contributed by atoms with E-state index in [1.807, 2.05) is 25.3 Å². The Balaban J connectivity index is 1.97. The summed E-state index contributed by atoms with van der Waals surface area (Å²) in [7, 11) is 0. The summed E-state index contributed by atoms with van der Waals surface area (Å²) in [5.41, 5.74) is 1.86. The molecule has 2 atom stereocenters. The third-order valence-corrected chi connectivity index (χ3v) is 5.84. The predicted octanol–water partition coefficient (Wildman–Crippen LogP) is 2.66. The molecular weight excluding hydrogens is 366 g/mol. The number of ketones is 1. The van der Waals surface area contributed by atoms with Gasteiger partial charge >= 0.3 is 5.97 Å². The van der Waals surface area contributed by atoms with E-state index in [0.29, 0.717) is 18.7 Å². The van der Waals surface area contributed by atoms with Crippen LogP contribution in [0.1, 0.15) is 35.2 Å². The zero-order valence-corrected chi connectivity index (χ0v) is 16.3. The topological polar surface area (TPSA) is 83.9 Å². The van der Waals surface area contributed by atoms with Gasteiger partial charge in [0.1, 0.15) is 5.37 Å². The zero-order chi connectivity index (χ0) is 19.6. The molecule has 0 saturated carbocycles. The van der Waals surface area contributed by atoms with E-state index in [-0.39, 0.29) is 28.9 Å². The standard InChI is InChI=1S/C20H23NO5S/c1-12-5-7-13(8-6-12)18(24)17-15(10-16(22)23)19(25)21(20(17)27-2)11-14-4-3-9-26-14/h5-8,14,20H,3-4,9-11H2,1-2H3,(H,22,23)/t14-,20-/m0/s1. The molecule has 1 amide bonds. The summed E-state index contributed by atoms with van der Waals surface area (Å²) < 4.78 is 5.64. The van der Waals surface area contributed by atoms with E-state index in [4.69, 9.17) is 4.74 Å². The van der Waals surface area contributed by atoms with Gasteiger partial charge in [-0.15, -0.1) is 11.8 Å². The lowest BCUT2D eigenvalue weighted by Crippen LogP contribution is -2.40. The Morgan fingerprint density at radius 1 is 1.30 bits per heavy atom. The molecule has 0 unspecified atom stereocenters. The quantitative estimate of drug-likeness (QED) is 0.722. The molecule has 2 aliphatic heterocycles. The smallest absolute Gasteiger partial charge is 0.308 e. The molecule has 6 nitrogen and oxygen atoms in total. The van der Waals surface area contributed by atoms with E-state index >= 15 is 0 Å².